The third-order valence-corrected chi connectivity index (χ3v) is 3.83. The number of fused-ring (bicyclic) bond motifs is 1. The third kappa shape index (κ3) is 4.31. The van der Waals surface area contributed by atoms with Gasteiger partial charge in [0.15, 0.2) is 12.3 Å². The zero-order chi connectivity index (χ0) is 18.4. The van der Waals surface area contributed by atoms with Gasteiger partial charge in [-0.05, 0) is 42.1 Å². The second kappa shape index (κ2) is 8.35. The summed E-state index contributed by atoms with van der Waals surface area (Å²) < 4.78 is 16.3. The Kier molecular flexibility index (Phi) is 5.70. The van der Waals surface area contributed by atoms with E-state index >= 15 is 0 Å². The van der Waals surface area contributed by atoms with E-state index in [9.17, 15) is 4.79 Å². The van der Waals surface area contributed by atoms with Crippen LogP contribution in [-0.4, -0.2) is 38.1 Å². The fourth-order valence-electron chi connectivity index (χ4n) is 2.44. The maximum atomic E-state index is 11.9. The van der Waals surface area contributed by atoms with Gasteiger partial charge < -0.3 is 24.5 Å². The van der Waals surface area contributed by atoms with E-state index in [1.54, 1.807) is 7.11 Å². The zero-order valence-electron chi connectivity index (χ0n) is 14.7. The maximum Gasteiger partial charge on any atom is 0.273 e. The van der Waals surface area contributed by atoms with Gasteiger partial charge in [0.05, 0.1) is 7.11 Å². The standard InChI is InChI=1S/C19H21N3O4/c1-20-7-8-21-19(23)17-11-26-18(22-17)12-25-16-6-4-13-3-5-15(24-2)9-14(13)10-16/h3-6,9-11,20H,7-8,12H2,1-2H3,(H,21,23). The Morgan fingerprint density at radius 3 is 2.65 bits per heavy atom. The number of amides is 1. The molecular weight excluding hydrogens is 334 g/mol. The summed E-state index contributed by atoms with van der Waals surface area (Å²) in [6.07, 6.45) is 1.33. The van der Waals surface area contributed by atoms with E-state index in [1.807, 2.05) is 43.4 Å². The molecule has 2 aromatic carbocycles. The molecule has 0 unspecified atom stereocenters. The second-order valence-electron chi connectivity index (χ2n) is 5.65. The predicted octanol–water partition coefficient (Wildman–Crippen LogP) is 2.36. The molecule has 0 fully saturated rings. The molecule has 0 aliphatic heterocycles. The maximum absolute atomic E-state index is 11.9. The highest BCUT2D eigenvalue weighted by molar-refractivity contribution is 5.91. The first kappa shape index (κ1) is 17.8. The minimum atomic E-state index is -0.270. The number of likely N-dealkylation sites (N-methyl/N-ethyl adjacent to an activating group) is 1. The highest BCUT2D eigenvalue weighted by atomic mass is 16.5. The average molecular weight is 355 g/mol. The van der Waals surface area contributed by atoms with Crippen LogP contribution in [0.4, 0.5) is 0 Å². The molecule has 0 radical (unpaired) electrons. The van der Waals surface area contributed by atoms with Crippen LogP contribution in [0.25, 0.3) is 10.8 Å². The molecule has 0 saturated carbocycles. The van der Waals surface area contributed by atoms with Crippen molar-refractivity contribution in [2.45, 2.75) is 6.61 Å². The van der Waals surface area contributed by atoms with E-state index in [0.717, 1.165) is 16.5 Å². The van der Waals surface area contributed by atoms with Gasteiger partial charge in [-0.25, -0.2) is 4.98 Å². The zero-order valence-corrected chi connectivity index (χ0v) is 14.7. The number of benzene rings is 2. The molecule has 0 saturated heterocycles. The summed E-state index contributed by atoms with van der Waals surface area (Å²) in [4.78, 5) is 16.0. The fraction of sp³-hybridized carbons (Fsp3) is 0.263. The second-order valence-corrected chi connectivity index (χ2v) is 5.65. The van der Waals surface area contributed by atoms with Gasteiger partial charge in [-0.3, -0.25) is 4.79 Å². The van der Waals surface area contributed by atoms with Crippen LogP contribution < -0.4 is 20.1 Å². The quantitative estimate of drug-likeness (QED) is 0.604. The van der Waals surface area contributed by atoms with E-state index in [1.165, 1.54) is 6.26 Å². The number of carbonyl (C=O) groups excluding carboxylic acids is 1. The number of rotatable bonds is 8. The smallest absolute Gasteiger partial charge is 0.273 e. The van der Waals surface area contributed by atoms with Crippen molar-refractivity contribution >= 4 is 16.7 Å². The summed E-state index contributed by atoms with van der Waals surface area (Å²) in [5.74, 6) is 1.54. The molecular formula is C19H21N3O4. The number of hydrogen-bond acceptors (Lipinski definition) is 6. The lowest BCUT2D eigenvalue weighted by Gasteiger charge is -2.06. The molecule has 136 valence electrons. The van der Waals surface area contributed by atoms with Crippen LogP contribution in [0.5, 0.6) is 11.5 Å². The van der Waals surface area contributed by atoms with Crippen LogP contribution in [0.1, 0.15) is 16.4 Å². The number of methoxy groups -OCH3 is 1. The summed E-state index contributed by atoms with van der Waals surface area (Å²) in [6, 6.07) is 11.6. The molecule has 1 aromatic heterocycles. The summed E-state index contributed by atoms with van der Waals surface area (Å²) in [7, 11) is 3.46. The Balaban J connectivity index is 1.62. The SMILES string of the molecule is CNCCNC(=O)c1coc(COc2ccc3ccc(OC)cc3c2)n1. The first-order valence-corrected chi connectivity index (χ1v) is 8.27. The van der Waals surface area contributed by atoms with Gasteiger partial charge in [-0.2, -0.15) is 0 Å². The van der Waals surface area contributed by atoms with E-state index in [2.05, 4.69) is 15.6 Å². The molecule has 7 nitrogen and oxygen atoms in total. The molecule has 0 aliphatic rings. The monoisotopic (exact) mass is 355 g/mol. The Bertz CT molecular complexity index is 891. The minimum Gasteiger partial charge on any atom is -0.497 e. The summed E-state index contributed by atoms with van der Waals surface area (Å²) in [6.45, 7) is 1.35. The van der Waals surface area contributed by atoms with Crippen molar-refractivity contribution in [1.82, 2.24) is 15.6 Å². The molecule has 1 amide bonds. The lowest BCUT2D eigenvalue weighted by Crippen LogP contribution is -2.30. The molecule has 1 heterocycles. The summed E-state index contributed by atoms with van der Waals surface area (Å²) >= 11 is 0. The van der Waals surface area contributed by atoms with Gasteiger partial charge >= 0.3 is 0 Å². The topological polar surface area (TPSA) is 85.6 Å². The van der Waals surface area contributed by atoms with Crippen LogP contribution in [0.15, 0.2) is 47.1 Å². The van der Waals surface area contributed by atoms with Crippen molar-refractivity contribution in [2.75, 3.05) is 27.2 Å². The summed E-state index contributed by atoms with van der Waals surface area (Å²) in [5.41, 5.74) is 0.239. The van der Waals surface area contributed by atoms with Crippen molar-refractivity contribution in [3.63, 3.8) is 0 Å². The van der Waals surface area contributed by atoms with E-state index in [-0.39, 0.29) is 18.2 Å². The van der Waals surface area contributed by atoms with Crippen molar-refractivity contribution in [1.29, 1.82) is 0 Å². The first-order chi connectivity index (χ1) is 12.7. The Hall–Kier alpha value is -3.06. The number of carbonyl (C=O) groups is 1. The predicted molar refractivity (Wildman–Crippen MR) is 97.6 cm³/mol. The van der Waals surface area contributed by atoms with Crippen molar-refractivity contribution in [2.24, 2.45) is 0 Å². The normalized spacial score (nSPS) is 10.7. The molecule has 0 atom stereocenters. The molecule has 0 bridgehead atoms. The number of ether oxygens (including phenoxy) is 2. The summed E-state index contributed by atoms with van der Waals surface area (Å²) in [5, 5.41) is 7.80. The lowest BCUT2D eigenvalue weighted by atomic mass is 10.1. The van der Waals surface area contributed by atoms with Crippen molar-refractivity contribution in [3.05, 3.63) is 54.2 Å². The molecule has 0 spiro atoms. The van der Waals surface area contributed by atoms with Crippen LogP contribution in [0, 0.1) is 0 Å². The molecule has 0 aliphatic carbocycles. The van der Waals surface area contributed by atoms with E-state index < -0.39 is 0 Å². The molecule has 3 rings (SSSR count). The van der Waals surface area contributed by atoms with E-state index in [4.69, 9.17) is 13.9 Å². The van der Waals surface area contributed by atoms with Gasteiger partial charge in [-0.15, -0.1) is 0 Å². The van der Waals surface area contributed by atoms with Gasteiger partial charge in [0, 0.05) is 13.1 Å². The van der Waals surface area contributed by atoms with Gasteiger partial charge in [0.1, 0.15) is 17.8 Å². The number of oxazole rings is 1. The largest absolute Gasteiger partial charge is 0.497 e. The first-order valence-electron chi connectivity index (χ1n) is 8.27. The lowest BCUT2D eigenvalue weighted by molar-refractivity contribution is 0.0949. The van der Waals surface area contributed by atoms with E-state index in [0.29, 0.717) is 24.7 Å². The van der Waals surface area contributed by atoms with Crippen molar-refractivity contribution in [3.8, 4) is 11.5 Å². The number of nitrogens with zero attached hydrogens (tertiary/aromatic N) is 1. The number of hydrogen-bond donors (Lipinski definition) is 2. The minimum absolute atomic E-state index is 0.138. The highest BCUT2D eigenvalue weighted by Crippen LogP contribution is 2.25. The van der Waals surface area contributed by atoms with Crippen LogP contribution in [0.2, 0.25) is 0 Å². The van der Waals surface area contributed by atoms with Crippen LogP contribution >= 0.6 is 0 Å². The molecule has 26 heavy (non-hydrogen) atoms. The van der Waals surface area contributed by atoms with Crippen molar-refractivity contribution < 1.29 is 18.7 Å². The van der Waals surface area contributed by atoms with Crippen LogP contribution in [-0.2, 0) is 6.61 Å². The number of aromatic nitrogens is 1. The Morgan fingerprint density at radius 1 is 1.12 bits per heavy atom. The van der Waals surface area contributed by atoms with Gasteiger partial charge in [0.2, 0.25) is 5.89 Å². The molecule has 7 heteroatoms. The molecule has 3 aromatic rings. The third-order valence-electron chi connectivity index (χ3n) is 3.83. The average Bonchev–Trinajstić information content (AvgIpc) is 3.15. The fourth-order valence-corrected chi connectivity index (χ4v) is 2.44. The van der Waals surface area contributed by atoms with Gasteiger partial charge in [0.25, 0.3) is 5.91 Å². The Labute approximate surface area is 151 Å². The highest BCUT2D eigenvalue weighted by Gasteiger charge is 2.12. The van der Waals surface area contributed by atoms with Gasteiger partial charge in [-0.1, -0.05) is 12.1 Å². The molecule has 2 N–H and O–H groups in total. The Morgan fingerprint density at radius 2 is 1.88 bits per heavy atom. The number of nitrogens with one attached hydrogen (secondary N) is 2. The van der Waals surface area contributed by atoms with Crippen LogP contribution in [0.3, 0.4) is 0 Å².